The SMILES string of the molecule is C=CCn1c(SCC(=O)N(CC)Cc2ccc3c(c2)OCO3)nnc1-c1ccc(OC)cc1. The Morgan fingerprint density at radius 1 is 1.21 bits per heavy atom. The molecule has 0 aliphatic carbocycles. The Morgan fingerprint density at radius 2 is 2.00 bits per heavy atom. The lowest BCUT2D eigenvalue weighted by Crippen LogP contribution is -2.31. The van der Waals surface area contributed by atoms with Gasteiger partial charge in [0.1, 0.15) is 5.75 Å². The molecule has 172 valence electrons. The Labute approximate surface area is 197 Å². The molecule has 0 atom stereocenters. The number of nitrogens with zero attached hydrogens (tertiary/aromatic N) is 4. The maximum Gasteiger partial charge on any atom is 0.233 e. The van der Waals surface area contributed by atoms with Crippen LogP contribution in [0, 0.1) is 0 Å². The molecule has 3 aromatic rings. The summed E-state index contributed by atoms with van der Waals surface area (Å²) >= 11 is 1.37. The smallest absolute Gasteiger partial charge is 0.233 e. The first-order chi connectivity index (χ1) is 16.1. The van der Waals surface area contributed by atoms with E-state index in [9.17, 15) is 4.79 Å². The van der Waals surface area contributed by atoms with E-state index in [1.807, 2.05) is 58.9 Å². The van der Waals surface area contributed by atoms with Crippen molar-refractivity contribution in [2.45, 2.75) is 25.2 Å². The standard InChI is InChI=1S/C24H26N4O4S/c1-4-12-28-23(18-7-9-19(30-3)10-8-18)25-26-24(28)33-15-22(29)27(5-2)14-17-6-11-20-21(13-17)32-16-31-20/h4,6-11,13H,1,5,12,14-16H2,2-3H3. The number of ether oxygens (including phenoxy) is 3. The Hall–Kier alpha value is -3.46. The summed E-state index contributed by atoms with van der Waals surface area (Å²) in [6.07, 6.45) is 1.79. The fourth-order valence-corrected chi connectivity index (χ4v) is 4.35. The molecule has 0 fully saturated rings. The summed E-state index contributed by atoms with van der Waals surface area (Å²) < 4.78 is 18.0. The van der Waals surface area contributed by atoms with Crippen molar-refractivity contribution < 1.29 is 19.0 Å². The quantitative estimate of drug-likeness (QED) is 0.330. The van der Waals surface area contributed by atoms with Crippen molar-refractivity contribution in [3.63, 3.8) is 0 Å². The van der Waals surface area contributed by atoms with Crippen LogP contribution in [0.5, 0.6) is 17.2 Å². The highest BCUT2D eigenvalue weighted by Crippen LogP contribution is 2.33. The second-order valence-electron chi connectivity index (χ2n) is 7.32. The molecule has 2 aromatic carbocycles. The van der Waals surface area contributed by atoms with Crippen molar-refractivity contribution in [3.8, 4) is 28.6 Å². The average Bonchev–Trinajstić information content (AvgIpc) is 3.48. The van der Waals surface area contributed by atoms with Crippen LogP contribution in [-0.2, 0) is 17.9 Å². The van der Waals surface area contributed by atoms with Crippen LogP contribution in [-0.4, -0.2) is 51.8 Å². The Bertz CT molecular complexity index is 1130. The van der Waals surface area contributed by atoms with Crippen molar-refractivity contribution >= 4 is 17.7 Å². The molecule has 0 spiro atoms. The summed E-state index contributed by atoms with van der Waals surface area (Å²) in [6.45, 7) is 7.69. The van der Waals surface area contributed by atoms with E-state index in [2.05, 4.69) is 16.8 Å². The van der Waals surface area contributed by atoms with Crippen molar-refractivity contribution in [2.75, 3.05) is 26.2 Å². The third-order valence-corrected chi connectivity index (χ3v) is 6.20. The van der Waals surface area contributed by atoms with E-state index < -0.39 is 0 Å². The number of benzene rings is 2. The highest BCUT2D eigenvalue weighted by molar-refractivity contribution is 7.99. The molecule has 4 rings (SSSR count). The minimum Gasteiger partial charge on any atom is -0.497 e. The maximum absolute atomic E-state index is 13.0. The zero-order valence-electron chi connectivity index (χ0n) is 18.7. The molecule has 1 aromatic heterocycles. The molecule has 2 heterocycles. The summed E-state index contributed by atoms with van der Waals surface area (Å²) in [5.74, 6) is 3.23. The molecule has 9 heteroatoms. The highest BCUT2D eigenvalue weighted by atomic mass is 32.2. The first kappa shape index (κ1) is 22.7. The van der Waals surface area contributed by atoms with Gasteiger partial charge in [0.25, 0.3) is 0 Å². The van der Waals surface area contributed by atoms with Crippen LogP contribution in [0.1, 0.15) is 12.5 Å². The number of amides is 1. The average molecular weight is 467 g/mol. The van der Waals surface area contributed by atoms with E-state index in [4.69, 9.17) is 14.2 Å². The van der Waals surface area contributed by atoms with Gasteiger partial charge in [-0.3, -0.25) is 9.36 Å². The van der Waals surface area contributed by atoms with Crippen LogP contribution in [0.2, 0.25) is 0 Å². The van der Waals surface area contributed by atoms with Crippen LogP contribution in [0.15, 0.2) is 60.3 Å². The number of thioether (sulfide) groups is 1. The fraction of sp³-hybridized carbons (Fsp3) is 0.292. The van der Waals surface area contributed by atoms with Crippen molar-refractivity contribution in [2.24, 2.45) is 0 Å². The van der Waals surface area contributed by atoms with Gasteiger partial charge in [-0.05, 0) is 48.9 Å². The third kappa shape index (κ3) is 5.14. The lowest BCUT2D eigenvalue weighted by Gasteiger charge is -2.21. The molecule has 0 bridgehead atoms. The molecule has 0 saturated carbocycles. The molecule has 33 heavy (non-hydrogen) atoms. The third-order valence-electron chi connectivity index (χ3n) is 5.25. The van der Waals surface area contributed by atoms with E-state index in [0.717, 1.165) is 28.5 Å². The lowest BCUT2D eigenvalue weighted by molar-refractivity contribution is -0.128. The highest BCUT2D eigenvalue weighted by Gasteiger charge is 2.19. The number of aromatic nitrogens is 3. The van der Waals surface area contributed by atoms with E-state index in [1.54, 1.807) is 13.2 Å². The molecule has 0 saturated heterocycles. The van der Waals surface area contributed by atoms with Gasteiger partial charge in [-0.2, -0.15) is 0 Å². The number of hydrogen-bond acceptors (Lipinski definition) is 7. The molecule has 0 N–H and O–H groups in total. The van der Waals surface area contributed by atoms with E-state index in [0.29, 0.717) is 30.5 Å². The Kier molecular flexibility index (Phi) is 7.19. The maximum atomic E-state index is 13.0. The van der Waals surface area contributed by atoms with Crippen LogP contribution in [0.3, 0.4) is 0 Å². The largest absolute Gasteiger partial charge is 0.497 e. The number of hydrogen-bond donors (Lipinski definition) is 0. The number of allylic oxidation sites excluding steroid dienone is 1. The monoisotopic (exact) mass is 466 g/mol. The van der Waals surface area contributed by atoms with Gasteiger partial charge in [0, 0.05) is 25.2 Å². The number of fused-ring (bicyclic) bond motifs is 1. The van der Waals surface area contributed by atoms with Gasteiger partial charge in [-0.15, -0.1) is 16.8 Å². The molecule has 8 nitrogen and oxygen atoms in total. The molecule has 1 aliphatic heterocycles. The number of methoxy groups -OCH3 is 1. The second-order valence-corrected chi connectivity index (χ2v) is 8.26. The topological polar surface area (TPSA) is 78.7 Å². The van der Waals surface area contributed by atoms with Gasteiger partial charge in [-0.25, -0.2) is 0 Å². The number of carbonyl (C=O) groups excluding carboxylic acids is 1. The van der Waals surface area contributed by atoms with Gasteiger partial charge >= 0.3 is 0 Å². The normalized spacial score (nSPS) is 11.9. The van der Waals surface area contributed by atoms with Gasteiger partial charge in [-0.1, -0.05) is 23.9 Å². The zero-order valence-corrected chi connectivity index (χ0v) is 19.5. The first-order valence-corrected chi connectivity index (χ1v) is 11.6. The van der Waals surface area contributed by atoms with Gasteiger partial charge in [0.15, 0.2) is 22.5 Å². The van der Waals surface area contributed by atoms with E-state index in [-0.39, 0.29) is 18.5 Å². The van der Waals surface area contributed by atoms with E-state index >= 15 is 0 Å². The van der Waals surface area contributed by atoms with Gasteiger partial charge < -0.3 is 19.1 Å². The van der Waals surface area contributed by atoms with Crippen LogP contribution < -0.4 is 14.2 Å². The van der Waals surface area contributed by atoms with Gasteiger partial charge in [0.05, 0.1) is 12.9 Å². The summed E-state index contributed by atoms with van der Waals surface area (Å²) in [5.41, 5.74) is 1.91. The first-order valence-electron chi connectivity index (χ1n) is 10.6. The van der Waals surface area contributed by atoms with Crippen molar-refractivity contribution in [1.82, 2.24) is 19.7 Å². The predicted octanol–water partition coefficient (Wildman–Crippen LogP) is 4.01. The second kappa shape index (κ2) is 10.4. The summed E-state index contributed by atoms with van der Waals surface area (Å²) in [5, 5.41) is 9.36. The Morgan fingerprint density at radius 3 is 2.73 bits per heavy atom. The fourth-order valence-electron chi connectivity index (χ4n) is 3.50. The number of carbonyl (C=O) groups is 1. The van der Waals surface area contributed by atoms with E-state index in [1.165, 1.54) is 11.8 Å². The molecule has 0 unspecified atom stereocenters. The molecular formula is C24H26N4O4S. The molecule has 0 radical (unpaired) electrons. The van der Waals surface area contributed by atoms with Crippen molar-refractivity contribution in [3.05, 3.63) is 60.7 Å². The summed E-state index contributed by atoms with van der Waals surface area (Å²) in [4.78, 5) is 14.8. The molecule has 1 amide bonds. The minimum absolute atomic E-state index is 0.0271. The summed E-state index contributed by atoms with van der Waals surface area (Å²) in [6, 6.07) is 13.4. The van der Waals surface area contributed by atoms with Crippen LogP contribution in [0.25, 0.3) is 11.4 Å². The van der Waals surface area contributed by atoms with Crippen molar-refractivity contribution in [1.29, 1.82) is 0 Å². The van der Waals surface area contributed by atoms with Crippen LogP contribution >= 0.6 is 11.8 Å². The Balaban J connectivity index is 1.44. The van der Waals surface area contributed by atoms with Gasteiger partial charge in [0.2, 0.25) is 12.7 Å². The number of rotatable bonds is 10. The summed E-state index contributed by atoms with van der Waals surface area (Å²) in [7, 11) is 1.63. The molecule has 1 aliphatic rings. The van der Waals surface area contributed by atoms with Crippen LogP contribution in [0.4, 0.5) is 0 Å². The minimum atomic E-state index is 0.0271. The molecular weight excluding hydrogens is 440 g/mol. The zero-order chi connectivity index (χ0) is 23.2. The predicted molar refractivity (Wildman–Crippen MR) is 127 cm³/mol. The lowest BCUT2D eigenvalue weighted by atomic mass is 10.2.